The lowest BCUT2D eigenvalue weighted by Gasteiger charge is -2.02. The number of hydrogen-bond donors (Lipinski definition) is 0. The van der Waals surface area contributed by atoms with Crippen LogP contribution in [0.4, 0.5) is 5.69 Å². The summed E-state index contributed by atoms with van der Waals surface area (Å²) in [5.74, 6) is 0. The van der Waals surface area contributed by atoms with Crippen molar-refractivity contribution in [3.05, 3.63) is 34.4 Å². The van der Waals surface area contributed by atoms with Gasteiger partial charge in [0.2, 0.25) is 0 Å². The summed E-state index contributed by atoms with van der Waals surface area (Å²) in [7, 11) is -3.99. The van der Waals surface area contributed by atoms with Gasteiger partial charge in [-0.2, -0.15) is 8.42 Å². The largest absolute Gasteiger partial charge is 0.297 e. The second-order valence-corrected chi connectivity index (χ2v) is 4.35. The molecule has 7 nitrogen and oxygen atoms in total. The number of benzene rings is 1. The van der Waals surface area contributed by atoms with Crippen LogP contribution in [0, 0.1) is 10.1 Å². The van der Waals surface area contributed by atoms with Crippen LogP contribution in [0.3, 0.4) is 0 Å². The Labute approximate surface area is 91.6 Å². The Bertz CT molecular complexity index is 466. The van der Waals surface area contributed by atoms with Crippen LogP contribution in [0.5, 0.6) is 0 Å². The van der Waals surface area contributed by atoms with Crippen LogP contribution >= 0.6 is 0 Å². The summed E-state index contributed by atoms with van der Waals surface area (Å²) in [5.41, 5.74) is -0.220. The van der Waals surface area contributed by atoms with E-state index in [1.165, 1.54) is 0 Å². The molecule has 0 bridgehead atoms. The minimum absolute atomic E-state index is 0.216. The van der Waals surface area contributed by atoms with Gasteiger partial charge in [-0.25, -0.2) is 5.11 Å². The number of hydrogen-bond acceptors (Lipinski definition) is 5. The van der Waals surface area contributed by atoms with Crippen LogP contribution in [-0.2, 0) is 19.4 Å². The Hall–Kier alpha value is -1.51. The first kappa shape index (κ1) is 12.6. The lowest BCUT2D eigenvalue weighted by molar-refractivity contribution is -0.384. The molecule has 0 unspecified atom stereocenters. The zero-order chi connectivity index (χ0) is 12.2. The average Bonchev–Trinajstić information content (AvgIpc) is 2.26. The van der Waals surface area contributed by atoms with Gasteiger partial charge in [0.05, 0.1) is 16.4 Å². The van der Waals surface area contributed by atoms with Crippen LogP contribution in [-0.4, -0.2) is 26.6 Å². The van der Waals surface area contributed by atoms with E-state index in [4.69, 9.17) is 0 Å². The third kappa shape index (κ3) is 2.99. The first-order chi connectivity index (χ1) is 7.47. The van der Waals surface area contributed by atoms with E-state index in [1.54, 1.807) is 0 Å². The Kier molecular flexibility index (Phi) is 3.93. The van der Waals surface area contributed by atoms with E-state index in [9.17, 15) is 23.6 Å². The van der Waals surface area contributed by atoms with Crippen LogP contribution in [0.1, 0.15) is 0 Å². The maximum Gasteiger partial charge on any atom is 0.297 e. The molecule has 1 aromatic rings. The zero-order valence-corrected chi connectivity index (χ0v) is 8.85. The van der Waals surface area contributed by atoms with Gasteiger partial charge in [0.25, 0.3) is 15.8 Å². The Balaban J connectivity index is 2.93. The first-order valence-electron chi connectivity index (χ1n) is 4.19. The van der Waals surface area contributed by atoms with Crippen LogP contribution < -0.4 is 0 Å². The molecule has 0 fully saturated rings. The number of non-ortho nitro benzene ring substituents is 1. The van der Waals surface area contributed by atoms with Crippen LogP contribution in [0.15, 0.2) is 29.2 Å². The number of nitro benzene ring substituents is 1. The lowest BCUT2D eigenvalue weighted by atomic mass is 10.3. The van der Waals surface area contributed by atoms with Crippen molar-refractivity contribution >= 4 is 15.8 Å². The Morgan fingerprint density at radius 3 is 2.25 bits per heavy atom. The highest BCUT2D eigenvalue weighted by Crippen LogP contribution is 2.17. The molecule has 1 aromatic carbocycles. The van der Waals surface area contributed by atoms with Crippen molar-refractivity contribution in [3.63, 3.8) is 0 Å². The molecule has 0 saturated heterocycles. The molecular formula is C8H8NO6S. The van der Waals surface area contributed by atoms with Gasteiger partial charge in [0.1, 0.15) is 6.61 Å². The van der Waals surface area contributed by atoms with Crippen molar-refractivity contribution in [1.82, 2.24) is 0 Å². The molecule has 0 heterocycles. The van der Waals surface area contributed by atoms with E-state index >= 15 is 0 Å². The van der Waals surface area contributed by atoms with Gasteiger partial charge in [0.15, 0.2) is 0 Å². The van der Waals surface area contributed by atoms with Crippen LogP contribution in [0.2, 0.25) is 0 Å². The minimum Gasteiger partial charge on any atom is -0.264 e. The SMILES string of the molecule is [O]CCOS(=O)(=O)c1ccc([N+](=O)[O-])cc1. The quantitative estimate of drug-likeness (QED) is 0.432. The Morgan fingerprint density at radius 2 is 1.81 bits per heavy atom. The van der Waals surface area contributed by atoms with Gasteiger partial charge in [0, 0.05) is 12.1 Å². The summed E-state index contributed by atoms with van der Waals surface area (Å²) in [4.78, 5) is 9.46. The predicted octanol–water partition coefficient (Wildman–Crippen LogP) is 0.731. The van der Waals surface area contributed by atoms with Gasteiger partial charge in [-0.15, -0.1) is 0 Å². The molecule has 0 aliphatic rings. The minimum atomic E-state index is -3.99. The van der Waals surface area contributed by atoms with Gasteiger partial charge >= 0.3 is 0 Å². The van der Waals surface area contributed by atoms with Crippen LogP contribution in [0.25, 0.3) is 0 Å². The maximum absolute atomic E-state index is 11.3. The lowest BCUT2D eigenvalue weighted by Crippen LogP contribution is -2.09. The second kappa shape index (κ2) is 5.01. The molecule has 0 aliphatic carbocycles. The summed E-state index contributed by atoms with van der Waals surface area (Å²) in [6, 6.07) is 4.21. The van der Waals surface area contributed by atoms with Gasteiger partial charge in [-0.3, -0.25) is 14.3 Å². The molecule has 8 heteroatoms. The summed E-state index contributed by atoms with van der Waals surface area (Å²) in [6.07, 6.45) is 0. The standard InChI is InChI=1S/C8H8NO6S/c10-5-6-15-16(13,14)8-3-1-7(2-4-8)9(11)12/h1-4H,5-6H2. The molecule has 1 rings (SSSR count). The van der Waals surface area contributed by atoms with Crippen molar-refractivity contribution in [2.45, 2.75) is 4.90 Å². The van der Waals surface area contributed by atoms with Gasteiger partial charge in [-0.1, -0.05) is 0 Å². The third-order valence-corrected chi connectivity index (χ3v) is 2.98. The topological polar surface area (TPSA) is 106 Å². The molecule has 0 aliphatic heterocycles. The highest BCUT2D eigenvalue weighted by Gasteiger charge is 2.16. The van der Waals surface area contributed by atoms with E-state index in [0.29, 0.717) is 0 Å². The fourth-order valence-electron chi connectivity index (χ4n) is 0.946. The van der Waals surface area contributed by atoms with E-state index in [-0.39, 0.29) is 10.6 Å². The molecule has 0 aromatic heterocycles. The molecule has 16 heavy (non-hydrogen) atoms. The molecule has 0 N–H and O–H groups in total. The van der Waals surface area contributed by atoms with Crippen molar-refractivity contribution in [3.8, 4) is 0 Å². The fraction of sp³-hybridized carbons (Fsp3) is 0.250. The van der Waals surface area contributed by atoms with Gasteiger partial charge in [-0.05, 0) is 12.1 Å². The number of nitro groups is 1. The first-order valence-corrected chi connectivity index (χ1v) is 5.60. The molecular weight excluding hydrogens is 238 g/mol. The smallest absolute Gasteiger partial charge is 0.264 e. The molecule has 0 saturated carbocycles. The maximum atomic E-state index is 11.3. The number of nitrogens with zero attached hydrogens (tertiary/aromatic N) is 1. The molecule has 87 valence electrons. The zero-order valence-electron chi connectivity index (χ0n) is 8.03. The molecule has 0 amide bonds. The summed E-state index contributed by atoms with van der Waals surface area (Å²) >= 11 is 0. The van der Waals surface area contributed by atoms with Crippen molar-refractivity contribution in [1.29, 1.82) is 0 Å². The highest BCUT2D eigenvalue weighted by atomic mass is 32.2. The number of rotatable bonds is 5. The van der Waals surface area contributed by atoms with E-state index in [2.05, 4.69) is 4.18 Å². The van der Waals surface area contributed by atoms with Crippen molar-refractivity contribution < 1.29 is 22.6 Å². The van der Waals surface area contributed by atoms with E-state index < -0.39 is 28.3 Å². The van der Waals surface area contributed by atoms with E-state index in [0.717, 1.165) is 24.3 Å². The highest BCUT2D eigenvalue weighted by molar-refractivity contribution is 7.86. The molecule has 0 atom stereocenters. The normalized spacial score (nSPS) is 11.3. The molecule has 0 spiro atoms. The van der Waals surface area contributed by atoms with Crippen molar-refractivity contribution in [2.75, 3.05) is 13.2 Å². The van der Waals surface area contributed by atoms with Gasteiger partial charge < -0.3 is 0 Å². The molecule has 1 radical (unpaired) electrons. The predicted molar refractivity (Wildman–Crippen MR) is 51.8 cm³/mol. The monoisotopic (exact) mass is 246 g/mol. The summed E-state index contributed by atoms with van der Waals surface area (Å²) in [6.45, 7) is -1.13. The average molecular weight is 246 g/mol. The summed E-state index contributed by atoms with van der Waals surface area (Å²) in [5, 5.41) is 20.4. The third-order valence-electron chi connectivity index (χ3n) is 1.66. The second-order valence-electron chi connectivity index (χ2n) is 2.73. The Morgan fingerprint density at radius 1 is 1.25 bits per heavy atom. The fourth-order valence-corrected chi connectivity index (χ4v) is 1.84. The summed E-state index contributed by atoms with van der Waals surface area (Å²) < 4.78 is 27.0. The van der Waals surface area contributed by atoms with E-state index in [1.807, 2.05) is 0 Å². The van der Waals surface area contributed by atoms with Crippen molar-refractivity contribution in [2.24, 2.45) is 0 Å².